The fourth-order valence-electron chi connectivity index (χ4n) is 2.86. The minimum Gasteiger partial charge on any atom is -0.508 e. The van der Waals surface area contributed by atoms with Crippen molar-refractivity contribution in [3.05, 3.63) is 23.8 Å². The van der Waals surface area contributed by atoms with Gasteiger partial charge < -0.3 is 14.6 Å². The fourth-order valence-corrected chi connectivity index (χ4v) is 4.24. The highest BCUT2D eigenvalue weighted by Crippen LogP contribution is 2.39. The van der Waals surface area contributed by atoms with Crippen molar-refractivity contribution in [2.75, 3.05) is 18.1 Å². The van der Waals surface area contributed by atoms with Crippen LogP contribution in [0.2, 0.25) is 0 Å². The van der Waals surface area contributed by atoms with Crippen LogP contribution in [0.4, 0.5) is 0 Å². The van der Waals surface area contributed by atoms with E-state index in [1.54, 1.807) is 6.07 Å². The van der Waals surface area contributed by atoms with E-state index in [9.17, 15) is 5.11 Å². The van der Waals surface area contributed by atoms with E-state index >= 15 is 0 Å². The van der Waals surface area contributed by atoms with Crippen molar-refractivity contribution in [2.24, 2.45) is 0 Å². The molecule has 2 saturated heterocycles. The molecule has 4 heteroatoms. The average molecular weight is 280 g/mol. The monoisotopic (exact) mass is 280 g/mol. The number of phenols is 1. The van der Waals surface area contributed by atoms with Gasteiger partial charge in [0.1, 0.15) is 17.6 Å². The summed E-state index contributed by atoms with van der Waals surface area (Å²) in [7, 11) is 0. The molecule has 2 aliphatic rings. The lowest BCUT2D eigenvalue weighted by Crippen LogP contribution is -2.43. The average Bonchev–Trinajstić information content (AvgIpc) is 2.83. The Morgan fingerprint density at radius 1 is 1.47 bits per heavy atom. The lowest BCUT2D eigenvalue weighted by atomic mass is 9.91. The first-order chi connectivity index (χ1) is 9.19. The molecule has 104 valence electrons. The van der Waals surface area contributed by atoms with E-state index in [1.165, 1.54) is 5.75 Å². The third-order valence-electron chi connectivity index (χ3n) is 4.06. The van der Waals surface area contributed by atoms with Crippen molar-refractivity contribution >= 4 is 11.8 Å². The molecule has 1 aromatic rings. The van der Waals surface area contributed by atoms with Crippen LogP contribution >= 0.6 is 11.8 Å². The van der Waals surface area contributed by atoms with E-state index in [1.807, 2.05) is 30.8 Å². The van der Waals surface area contributed by atoms with Gasteiger partial charge in [0.05, 0.1) is 12.2 Å². The Labute approximate surface area is 118 Å². The SMILES string of the molecule is Cc1c(O)cccc1OC1CCOC2(CCSC2)C1. The zero-order valence-corrected chi connectivity index (χ0v) is 12.0. The largest absolute Gasteiger partial charge is 0.508 e. The van der Waals surface area contributed by atoms with Crippen LogP contribution in [0, 0.1) is 6.92 Å². The molecule has 1 N–H and O–H groups in total. The van der Waals surface area contributed by atoms with Gasteiger partial charge in [-0.1, -0.05) is 6.07 Å². The molecule has 1 aromatic carbocycles. The van der Waals surface area contributed by atoms with Crippen molar-refractivity contribution in [1.82, 2.24) is 0 Å². The summed E-state index contributed by atoms with van der Waals surface area (Å²) in [6.07, 6.45) is 3.24. The first-order valence-electron chi connectivity index (χ1n) is 6.85. The maximum absolute atomic E-state index is 9.73. The molecule has 2 heterocycles. The Kier molecular flexibility index (Phi) is 3.63. The summed E-state index contributed by atoms with van der Waals surface area (Å²) >= 11 is 1.97. The Morgan fingerprint density at radius 2 is 2.37 bits per heavy atom. The van der Waals surface area contributed by atoms with Gasteiger partial charge in [0, 0.05) is 24.2 Å². The van der Waals surface area contributed by atoms with Crippen LogP contribution in [0.1, 0.15) is 24.8 Å². The van der Waals surface area contributed by atoms with Crippen molar-refractivity contribution in [2.45, 2.75) is 37.9 Å². The molecule has 0 saturated carbocycles. The third kappa shape index (κ3) is 2.70. The minimum absolute atomic E-state index is 0.0400. The first kappa shape index (κ1) is 13.1. The Balaban J connectivity index is 1.71. The molecule has 1 spiro atoms. The number of aromatic hydroxyl groups is 1. The topological polar surface area (TPSA) is 38.7 Å². The van der Waals surface area contributed by atoms with Crippen molar-refractivity contribution in [3.63, 3.8) is 0 Å². The van der Waals surface area contributed by atoms with Crippen LogP contribution in [0.3, 0.4) is 0 Å². The second-order valence-electron chi connectivity index (χ2n) is 5.47. The molecule has 0 aromatic heterocycles. The van der Waals surface area contributed by atoms with E-state index in [2.05, 4.69) is 0 Å². The molecule has 0 aliphatic carbocycles. The van der Waals surface area contributed by atoms with Crippen LogP contribution < -0.4 is 4.74 Å². The maximum Gasteiger partial charge on any atom is 0.126 e. The van der Waals surface area contributed by atoms with Crippen LogP contribution in [-0.2, 0) is 4.74 Å². The van der Waals surface area contributed by atoms with E-state index in [0.717, 1.165) is 42.9 Å². The predicted molar refractivity (Wildman–Crippen MR) is 77.1 cm³/mol. The van der Waals surface area contributed by atoms with Gasteiger partial charge in [-0.05, 0) is 31.2 Å². The fraction of sp³-hybridized carbons (Fsp3) is 0.600. The lowest BCUT2D eigenvalue weighted by Gasteiger charge is -2.37. The van der Waals surface area contributed by atoms with Gasteiger partial charge >= 0.3 is 0 Å². The quantitative estimate of drug-likeness (QED) is 0.903. The zero-order chi connectivity index (χ0) is 13.3. The molecule has 0 radical (unpaired) electrons. The maximum atomic E-state index is 9.73. The van der Waals surface area contributed by atoms with Crippen molar-refractivity contribution in [3.8, 4) is 11.5 Å². The molecule has 0 bridgehead atoms. The first-order valence-corrected chi connectivity index (χ1v) is 8.01. The second kappa shape index (κ2) is 5.25. The molecule has 2 aliphatic heterocycles. The molecule has 2 atom stereocenters. The van der Waals surface area contributed by atoms with Crippen molar-refractivity contribution < 1.29 is 14.6 Å². The van der Waals surface area contributed by atoms with Gasteiger partial charge in [-0.3, -0.25) is 0 Å². The highest BCUT2D eigenvalue weighted by Gasteiger charge is 2.41. The van der Waals surface area contributed by atoms with Gasteiger partial charge in [0.2, 0.25) is 0 Å². The molecule has 2 fully saturated rings. The van der Waals surface area contributed by atoms with Gasteiger partial charge in [0.25, 0.3) is 0 Å². The summed E-state index contributed by atoms with van der Waals surface area (Å²) < 4.78 is 12.1. The predicted octanol–water partition coefficient (Wildman–Crippen LogP) is 3.13. The summed E-state index contributed by atoms with van der Waals surface area (Å²) in [4.78, 5) is 0. The molecule has 2 unspecified atom stereocenters. The zero-order valence-electron chi connectivity index (χ0n) is 11.2. The molecular weight excluding hydrogens is 260 g/mol. The normalized spacial score (nSPS) is 30.7. The standard InChI is InChI=1S/C15H20O3S/c1-11-13(16)3-2-4-14(11)18-12-5-7-17-15(9-12)6-8-19-10-15/h2-4,12,16H,5-10H2,1H3. The van der Waals surface area contributed by atoms with Gasteiger partial charge in [-0.2, -0.15) is 11.8 Å². The highest BCUT2D eigenvalue weighted by molar-refractivity contribution is 7.99. The Hall–Kier alpha value is -0.870. The molecular formula is C15H20O3S. The number of benzene rings is 1. The number of hydrogen-bond donors (Lipinski definition) is 1. The van der Waals surface area contributed by atoms with Crippen LogP contribution in [-0.4, -0.2) is 34.9 Å². The lowest BCUT2D eigenvalue weighted by molar-refractivity contribution is -0.0960. The third-order valence-corrected chi connectivity index (χ3v) is 5.29. The van der Waals surface area contributed by atoms with Crippen LogP contribution in [0.5, 0.6) is 11.5 Å². The number of thioether (sulfide) groups is 1. The molecule has 3 rings (SSSR count). The smallest absolute Gasteiger partial charge is 0.126 e. The van der Waals surface area contributed by atoms with Crippen molar-refractivity contribution in [1.29, 1.82) is 0 Å². The number of ether oxygens (including phenoxy) is 2. The summed E-state index contributed by atoms with van der Waals surface area (Å²) in [5, 5.41) is 9.73. The molecule has 19 heavy (non-hydrogen) atoms. The van der Waals surface area contributed by atoms with Crippen LogP contribution in [0.15, 0.2) is 18.2 Å². The van der Waals surface area contributed by atoms with Gasteiger partial charge in [-0.15, -0.1) is 0 Å². The Bertz CT molecular complexity index is 455. The second-order valence-corrected chi connectivity index (χ2v) is 6.57. The number of hydrogen-bond acceptors (Lipinski definition) is 4. The summed E-state index contributed by atoms with van der Waals surface area (Å²) in [5.41, 5.74) is 0.863. The summed E-state index contributed by atoms with van der Waals surface area (Å²) in [6, 6.07) is 5.46. The summed E-state index contributed by atoms with van der Waals surface area (Å²) in [5.74, 6) is 3.38. The number of phenolic OH excluding ortho intramolecular Hbond substituents is 1. The Morgan fingerprint density at radius 3 is 3.16 bits per heavy atom. The van der Waals surface area contributed by atoms with E-state index < -0.39 is 0 Å². The summed E-state index contributed by atoms with van der Waals surface area (Å²) in [6.45, 7) is 2.67. The number of rotatable bonds is 2. The van der Waals surface area contributed by atoms with E-state index in [-0.39, 0.29) is 11.7 Å². The molecule has 3 nitrogen and oxygen atoms in total. The van der Waals surface area contributed by atoms with Gasteiger partial charge in [-0.25, -0.2) is 0 Å². The molecule has 0 amide bonds. The van der Waals surface area contributed by atoms with Crippen LogP contribution in [0.25, 0.3) is 0 Å². The highest BCUT2D eigenvalue weighted by atomic mass is 32.2. The van der Waals surface area contributed by atoms with E-state index in [0.29, 0.717) is 5.75 Å². The van der Waals surface area contributed by atoms with E-state index in [4.69, 9.17) is 9.47 Å². The minimum atomic E-state index is 0.0400. The van der Waals surface area contributed by atoms with Gasteiger partial charge in [0.15, 0.2) is 0 Å².